The van der Waals surface area contributed by atoms with Crippen molar-refractivity contribution in [2.24, 2.45) is 0 Å². The lowest BCUT2D eigenvalue weighted by Crippen LogP contribution is -2.12. The summed E-state index contributed by atoms with van der Waals surface area (Å²) >= 11 is 0. The Hall–Kier alpha value is -0.440. The van der Waals surface area contributed by atoms with Crippen molar-refractivity contribution in [1.29, 1.82) is 0 Å². The van der Waals surface area contributed by atoms with E-state index in [1.165, 1.54) is 9.24 Å². The molecule has 0 fully saturated rings. The molecule has 6 heteroatoms. The van der Waals surface area contributed by atoms with E-state index in [4.69, 9.17) is 10.2 Å². The maximum atomic E-state index is 11.2. The fourth-order valence-electron chi connectivity index (χ4n) is 0.145. The Kier molecular flexibility index (Phi) is 2.32. The summed E-state index contributed by atoms with van der Waals surface area (Å²) in [6.07, 6.45) is -4.86. The molecule has 0 aliphatic rings. The SMILES string of the molecule is O/C(P)=C(\O)C(F)(F)F. The largest absolute Gasteiger partial charge is 0.504 e. The number of hydrogen-bond donors (Lipinski definition) is 2. The van der Waals surface area contributed by atoms with Gasteiger partial charge in [0.2, 0.25) is 5.76 Å². The first-order valence-electron chi connectivity index (χ1n) is 1.80. The zero-order valence-electron chi connectivity index (χ0n) is 4.11. The molecule has 0 bridgehead atoms. The van der Waals surface area contributed by atoms with Crippen LogP contribution in [0.5, 0.6) is 0 Å². The van der Waals surface area contributed by atoms with Gasteiger partial charge in [-0.1, -0.05) is 9.24 Å². The smallest absolute Gasteiger partial charge is 0.452 e. The molecule has 54 valence electrons. The second-order valence-electron chi connectivity index (χ2n) is 1.23. The quantitative estimate of drug-likeness (QED) is 0.418. The summed E-state index contributed by atoms with van der Waals surface area (Å²) in [5, 5.41) is 16.0. The van der Waals surface area contributed by atoms with Crippen LogP contribution in [0, 0.1) is 0 Å². The fourth-order valence-corrected chi connectivity index (χ4v) is 0.309. The van der Waals surface area contributed by atoms with Gasteiger partial charge in [0.1, 0.15) is 0 Å². The predicted octanol–water partition coefficient (Wildman–Crippen LogP) is 1.71. The van der Waals surface area contributed by atoms with E-state index in [0.29, 0.717) is 0 Å². The van der Waals surface area contributed by atoms with Crippen LogP contribution in [-0.4, -0.2) is 16.4 Å². The van der Waals surface area contributed by atoms with Gasteiger partial charge in [-0.15, -0.1) is 0 Å². The maximum Gasteiger partial charge on any atom is 0.452 e. The van der Waals surface area contributed by atoms with E-state index in [9.17, 15) is 13.2 Å². The first-order chi connectivity index (χ1) is 3.85. The van der Waals surface area contributed by atoms with Crippen LogP contribution in [0.1, 0.15) is 0 Å². The molecule has 1 atom stereocenters. The zero-order chi connectivity index (χ0) is 7.65. The van der Waals surface area contributed by atoms with Gasteiger partial charge in [0.15, 0.2) is 5.50 Å². The van der Waals surface area contributed by atoms with Crippen molar-refractivity contribution >= 4 is 9.24 Å². The molecule has 9 heavy (non-hydrogen) atoms. The Bertz CT molecular complexity index is 134. The van der Waals surface area contributed by atoms with Crippen LogP contribution in [0.2, 0.25) is 0 Å². The van der Waals surface area contributed by atoms with Gasteiger partial charge in [0.25, 0.3) is 0 Å². The third kappa shape index (κ3) is 2.56. The normalized spacial score (nSPS) is 15.1. The Morgan fingerprint density at radius 3 is 1.56 bits per heavy atom. The van der Waals surface area contributed by atoms with Crippen molar-refractivity contribution < 1.29 is 23.4 Å². The highest BCUT2D eigenvalue weighted by atomic mass is 31.0. The number of hydrogen-bond acceptors (Lipinski definition) is 2. The second-order valence-corrected chi connectivity index (χ2v) is 1.78. The average molecular weight is 160 g/mol. The van der Waals surface area contributed by atoms with Crippen molar-refractivity contribution in [1.82, 2.24) is 0 Å². The summed E-state index contributed by atoms with van der Waals surface area (Å²) in [4.78, 5) is 0. The maximum absolute atomic E-state index is 11.2. The van der Waals surface area contributed by atoms with Gasteiger partial charge in [0, 0.05) is 0 Å². The average Bonchev–Trinajstić information content (AvgIpc) is 1.62. The highest BCUT2D eigenvalue weighted by Crippen LogP contribution is 2.26. The van der Waals surface area contributed by atoms with Crippen LogP contribution < -0.4 is 0 Å². The third-order valence-corrected chi connectivity index (χ3v) is 0.785. The van der Waals surface area contributed by atoms with Crippen molar-refractivity contribution in [3.8, 4) is 0 Å². The molecule has 0 aromatic rings. The minimum absolute atomic E-state index is 1.21. The molecule has 2 N–H and O–H groups in total. The molecule has 0 aliphatic heterocycles. The van der Waals surface area contributed by atoms with Crippen LogP contribution in [0.15, 0.2) is 11.3 Å². The number of rotatable bonds is 0. The van der Waals surface area contributed by atoms with Crippen molar-refractivity contribution in [3.05, 3.63) is 11.3 Å². The number of aliphatic hydroxyl groups is 2. The third-order valence-electron chi connectivity index (χ3n) is 0.511. The molecule has 0 rings (SSSR count). The summed E-state index contributed by atoms with van der Waals surface area (Å²) in [6.45, 7) is 0. The molecule has 0 spiro atoms. The van der Waals surface area contributed by atoms with E-state index in [2.05, 4.69) is 0 Å². The Labute approximate surface area is 51.2 Å². The van der Waals surface area contributed by atoms with Gasteiger partial charge in [-0.05, 0) is 0 Å². The highest BCUT2D eigenvalue weighted by Gasteiger charge is 2.36. The summed E-state index contributed by atoms with van der Waals surface area (Å²) < 4.78 is 33.7. The minimum atomic E-state index is -4.86. The molecular weight excluding hydrogens is 156 g/mol. The molecule has 1 unspecified atom stereocenters. The molecule has 0 aromatic carbocycles. The molecule has 0 radical (unpaired) electrons. The minimum Gasteiger partial charge on any atom is -0.504 e. The lowest BCUT2D eigenvalue weighted by atomic mass is 10.5. The second kappa shape index (κ2) is 2.43. The van der Waals surface area contributed by atoms with Crippen molar-refractivity contribution in [2.75, 3.05) is 0 Å². The van der Waals surface area contributed by atoms with Crippen LogP contribution in [-0.2, 0) is 0 Å². The molecular formula is C3H4F3O2P. The molecule has 0 amide bonds. The highest BCUT2D eigenvalue weighted by molar-refractivity contribution is 7.21. The topological polar surface area (TPSA) is 40.5 Å². The van der Waals surface area contributed by atoms with E-state index in [0.717, 1.165) is 0 Å². The van der Waals surface area contributed by atoms with Gasteiger partial charge >= 0.3 is 6.18 Å². The van der Waals surface area contributed by atoms with E-state index in [1.807, 2.05) is 0 Å². The van der Waals surface area contributed by atoms with E-state index in [-0.39, 0.29) is 0 Å². The summed E-state index contributed by atoms with van der Waals surface area (Å²) in [6, 6.07) is 0. The Balaban J connectivity index is 4.40. The van der Waals surface area contributed by atoms with Gasteiger partial charge in [0.05, 0.1) is 0 Å². The lowest BCUT2D eigenvalue weighted by molar-refractivity contribution is -0.123. The van der Waals surface area contributed by atoms with Gasteiger partial charge in [-0.3, -0.25) is 0 Å². The van der Waals surface area contributed by atoms with E-state index < -0.39 is 17.4 Å². The van der Waals surface area contributed by atoms with Gasteiger partial charge < -0.3 is 10.2 Å². The zero-order valence-corrected chi connectivity index (χ0v) is 5.26. The Morgan fingerprint density at radius 2 is 1.56 bits per heavy atom. The van der Waals surface area contributed by atoms with E-state index >= 15 is 0 Å². The predicted molar refractivity (Wildman–Crippen MR) is 28.0 cm³/mol. The summed E-state index contributed by atoms with van der Waals surface area (Å²) in [5.41, 5.74) is -1.21. The fraction of sp³-hybridized carbons (Fsp3) is 0.333. The van der Waals surface area contributed by atoms with Crippen molar-refractivity contribution in [3.63, 3.8) is 0 Å². The first kappa shape index (κ1) is 8.56. The van der Waals surface area contributed by atoms with Gasteiger partial charge in [-0.25, -0.2) is 0 Å². The number of halogens is 3. The molecule has 0 aromatic heterocycles. The number of allylic oxidation sites excluding steroid dienone is 1. The standard InChI is InChI=1S/C3H4F3O2P/c4-3(5,6)1(7)2(8)9/h7-8H,9H2/b2-1+. The lowest BCUT2D eigenvalue weighted by Gasteiger charge is -2.03. The molecule has 0 saturated heterocycles. The molecule has 0 aliphatic carbocycles. The monoisotopic (exact) mass is 160 g/mol. The van der Waals surface area contributed by atoms with Gasteiger partial charge in [-0.2, -0.15) is 13.2 Å². The summed E-state index contributed by atoms with van der Waals surface area (Å²) in [7, 11) is 1.33. The molecule has 0 heterocycles. The van der Waals surface area contributed by atoms with Crippen LogP contribution >= 0.6 is 9.24 Å². The number of alkyl halides is 3. The number of aliphatic hydroxyl groups excluding tert-OH is 2. The van der Waals surface area contributed by atoms with Crippen LogP contribution in [0.3, 0.4) is 0 Å². The van der Waals surface area contributed by atoms with Crippen LogP contribution in [0.25, 0.3) is 0 Å². The van der Waals surface area contributed by atoms with E-state index in [1.54, 1.807) is 0 Å². The Morgan fingerprint density at radius 1 is 1.22 bits per heavy atom. The summed E-state index contributed by atoms with van der Waals surface area (Å²) in [5.74, 6) is -1.98. The van der Waals surface area contributed by atoms with Crippen LogP contribution in [0.4, 0.5) is 13.2 Å². The molecule has 2 nitrogen and oxygen atoms in total. The first-order valence-corrected chi connectivity index (χ1v) is 2.38. The molecule has 0 saturated carbocycles. The van der Waals surface area contributed by atoms with Crippen molar-refractivity contribution in [2.45, 2.75) is 6.18 Å².